The molecule has 1 saturated carbocycles. The molecule has 2 rings (SSSR count). The molecule has 0 aromatic heterocycles. The molecule has 1 unspecified atom stereocenters. The van der Waals surface area contributed by atoms with Gasteiger partial charge in [-0.1, -0.05) is 6.92 Å². The maximum Gasteiger partial charge on any atom is 0.191 e. The fraction of sp³-hybridized carbons (Fsp3) is 0.933. The van der Waals surface area contributed by atoms with Crippen LogP contribution in [0.2, 0.25) is 0 Å². The summed E-state index contributed by atoms with van der Waals surface area (Å²) in [5.41, 5.74) is 0. The lowest BCUT2D eigenvalue weighted by molar-refractivity contribution is 0.328. The van der Waals surface area contributed by atoms with Gasteiger partial charge in [0.25, 0.3) is 0 Å². The molecule has 1 aliphatic heterocycles. The molecule has 0 amide bonds. The van der Waals surface area contributed by atoms with Gasteiger partial charge in [0.2, 0.25) is 0 Å². The van der Waals surface area contributed by atoms with Crippen LogP contribution in [0.1, 0.15) is 39.0 Å². The van der Waals surface area contributed by atoms with Crippen LogP contribution in [0.3, 0.4) is 0 Å². The first-order valence-corrected chi connectivity index (χ1v) is 7.83. The number of hydrogen-bond donors (Lipinski definition) is 2. The summed E-state index contributed by atoms with van der Waals surface area (Å²) in [5.74, 6) is 2.67. The van der Waals surface area contributed by atoms with Crippen LogP contribution in [-0.4, -0.2) is 50.6 Å². The normalized spacial score (nSPS) is 33.4. The molecule has 0 aromatic rings. The van der Waals surface area contributed by atoms with Crippen molar-refractivity contribution < 1.29 is 0 Å². The first-order chi connectivity index (χ1) is 9.17. The predicted octanol–water partition coefficient (Wildman–Crippen LogP) is 1.68. The molecule has 19 heavy (non-hydrogen) atoms. The molecule has 2 fully saturated rings. The summed E-state index contributed by atoms with van der Waals surface area (Å²) in [6.45, 7) is 5.86. The predicted molar refractivity (Wildman–Crippen MR) is 81.5 cm³/mol. The molecule has 2 aliphatic rings. The van der Waals surface area contributed by atoms with Gasteiger partial charge in [-0.25, -0.2) is 0 Å². The number of aliphatic imine (C=N–C) groups is 1. The van der Waals surface area contributed by atoms with Crippen LogP contribution in [0.4, 0.5) is 0 Å². The largest absolute Gasteiger partial charge is 0.356 e. The summed E-state index contributed by atoms with van der Waals surface area (Å²) in [6, 6.07) is 0.619. The Bertz CT molecular complexity index is 295. The molecular weight excluding hydrogens is 236 g/mol. The number of rotatable bonds is 3. The van der Waals surface area contributed by atoms with Crippen molar-refractivity contribution in [2.45, 2.75) is 45.1 Å². The second kappa shape index (κ2) is 7.13. The molecule has 0 spiro atoms. The van der Waals surface area contributed by atoms with Crippen molar-refractivity contribution in [1.29, 1.82) is 0 Å². The van der Waals surface area contributed by atoms with Gasteiger partial charge in [-0.2, -0.15) is 0 Å². The molecule has 1 heterocycles. The van der Waals surface area contributed by atoms with Crippen molar-refractivity contribution in [3.05, 3.63) is 0 Å². The third-order valence-corrected chi connectivity index (χ3v) is 4.63. The van der Waals surface area contributed by atoms with Crippen molar-refractivity contribution in [3.63, 3.8) is 0 Å². The number of likely N-dealkylation sites (tertiary alicyclic amines) is 1. The van der Waals surface area contributed by atoms with Crippen LogP contribution < -0.4 is 10.6 Å². The van der Waals surface area contributed by atoms with Crippen LogP contribution in [-0.2, 0) is 0 Å². The molecular formula is C15H30N4. The first-order valence-electron chi connectivity index (χ1n) is 7.83. The summed E-state index contributed by atoms with van der Waals surface area (Å²) in [7, 11) is 4.08. The molecule has 110 valence electrons. The third kappa shape index (κ3) is 4.68. The summed E-state index contributed by atoms with van der Waals surface area (Å²) in [5, 5.41) is 7.09. The van der Waals surface area contributed by atoms with E-state index >= 15 is 0 Å². The van der Waals surface area contributed by atoms with E-state index in [0.29, 0.717) is 6.04 Å². The van der Waals surface area contributed by atoms with Gasteiger partial charge in [0.05, 0.1) is 0 Å². The van der Waals surface area contributed by atoms with E-state index in [-0.39, 0.29) is 0 Å². The van der Waals surface area contributed by atoms with E-state index in [4.69, 9.17) is 0 Å². The highest BCUT2D eigenvalue weighted by atomic mass is 15.2. The van der Waals surface area contributed by atoms with Gasteiger partial charge in [0, 0.05) is 26.2 Å². The number of hydrogen-bond acceptors (Lipinski definition) is 2. The Morgan fingerprint density at radius 3 is 2.53 bits per heavy atom. The Balaban J connectivity index is 1.68. The van der Waals surface area contributed by atoms with Gasteiger partial charge in [0.15, 0.2) is 5.96 Å². The zero-order valence-electron chi connectivity index (χ0n) is 12.8. The summed E-state index contributed by atoms with van der Waals surface area (Å²) >= 11 is 0. The molecule has 4 heteroatoms. The minimum atomic E-state index is 0.619. The van der Waals surface area contributed by atoms with E-state index in [1.165, 1.54) is 45.2 Å². The average molecular weight is 266 g/mol. The van der Waals surface area contributed by atoms with Crippen LogP contribution in [0, 0.1) is 11.8 Å². The van der Waals surface area contributed by atoms with Gasteiger partial charge in [0.1, 0.15) is 0 Å². The monoisotopic (exact) mass is 266 g/mol. The van der Waals surface area contributed by atoms with Crippen molar-refractivity contribution in [3.8, 4) is 0 Å². The fourth-order valence-corrected chi connectivity index (χ4v) is 3.23. The van der Waals surface area contributed by atoms with Gasteiger partial charge in [-0.3, -0.25) is 4.99 Å². The molecule has 1 saturated heterocycles. The molecule has 1 aliphatic carbocycles. The minimum Gasteiger partial charge on any atom is -0.356 e. The molecule has 2 N–H and O–H groups in total. The van der Waals surface area contributed by atoms with Crippen LogP contribution >= 0.6 is 0 Å². The first kappa shape index (κ1) is 14.6. The Kier molecular flexibility index (Phi) is 5.49. The van der Waals surface area contributed by atoms with Crippen molar-refractivity contribution in [1.82, 2.24) is 15.5 Å². The lowest BCUT2D eigenvalue weighted by atomic mass is 9.87. The number of nitrogens with one attached hydrogen (secondary N) is 2. The van der Waals surface area contributed by atoms with E-state index in [9.17, 15) is 0 Å². The van der Waals surface area contributed by atoms with Gasteiger partial charge in [-0.05, 0) is 57.5 Å². The molecule has 1 atom stereocenters. The Morgan fingerprint density at radius 1 is 1.21 bits per heavy atom. The van der Waals surface area contributed by atoms with Crippen LogP contribution in [0.5, 0.6) is 0 Å². The third-order valence-electron chi connectivity index (χ3n) is 4.63. The molecule has 0 bridgehead atoms. The zero-order chi connectivity index (χ0) is 13.7. The van der Waals surface area contributed by atoms with E-state index in [2.05, 4.69) is 34.5 Å². The summed E-state index contributed by atoms with van der Waals surface area (Å²) in [6.07, 6.45) is 6.58. The quantitative estimate of drug-likeness (QED) is 0.603. The Morgan fingerprint density at radius 2 is 1.95 bits per heavy atom. The Labute approximate surface area is 118 Å². The van der Waals surface area contributed by atoms with Crippen LogP contribution in [0.15, 0.2) is 4.99 Å². The van der Waals surface area contributed by atoms with Crippen molar-refractivity contribution >= 4 is 5.96 Å². The highest BCUT2D eigenvalue weighted by Crippen LogP contribution is 2.23. The summed E-state index contributed by atoms with van der Waals surface area (Å²) < 4.78 is 0. The lowest BCUT2D eigenvalue weighted by Crippen LogP contribution is -2.46. The molecule has 0 radical (unpaired) electrons. The Hall–Kier alpha value is -0.770. The SMILES string of the molecule is CN=C(NCC1CCN(C)C1)NC1CCC(C)CC1. The highest BCUT2D eigenvalue weighted by Gasteiger charge is 2.21. The number of nitrogens with zero attached hydrogens (tertiary/aromatic N) is 2. The molecule has 0 aromatic carbocycles. The van der Waals surface area contributed by atoms with Crippen molar-refractivity contribution in [2.24, 2.45) is 16.8 Å². The minimum absolute atomic E-state index is 0.619. The highest BCUT2D eigenvalue weighted by molar-refractivity contribution is 5.79. The second-order valence-electron chi connectivity index (χ2n) is 6.47. The topological polar surface area (TPSA) is 39.7 Å². The average Bonchev–Trinajstić information content (AvgIpc) is 2.82. The summed E-state index contributed by atoms with van der Waals surface area (Å²) in [4.78, 5) is 6.77. The molecule has 4 nitrogen and oxygen atoms in total. The van der Waals surface area contributed by atoms with E-state index in [1.54, 1.807) is 0 Å². The maximum atomic E-state index is 4.36. The fourth-order valence-electron chi connectivity index (χ4n) is 3.23. The van der Waals surface area contributed by atoms with Gasteiger partial charge >= 0.3 is 0 Å². The van der Waals surface area contributed by atoms with Gasteiger partial charge < -0.3 is 15.5 Å². The van der Waals surface area contributed by atoms with Crippen molar-refractivity contribution in [2.75, 3.05) is 33.7 Å². The standard InChI is InChI=1S/C15H30N4/c1-12-4-6-14(7-5-12)18-15(16-2)17-10-13-8-9-19(3)11-13/h12-14H,4-11H2,1-3H3,(H2,16,17,18). The smallest absolute Gasteiger partial charge is 0.191 e. The lowest BCUT2D eigenvalue weighted by Gasteiger charge is -2.28. The zero-order valence-corrected chi connectivity index (χ0v) is 12.8. The maximum absolute atomic E-state index is 4.36. The second-order valence-corrected chi connectivity index (χ2v) is 6.47. The van der Waals surface area contributed by atoms with Crippen LogP contribution in [0.25, 0.3) is 0 Å². The van der Waals surface area contributed by atoms with E-state index in [0.717, 1.165) is 24.3 Å². The number of guanidine groups is 1. The van der Waals surface area contributed by atoms with E-state index < -0.39 is 0 Å². The van der Waals surface area contributed by atoms with E-state index in [1.807, 2.05) is 7.05 Å². The van der Waals surface area contributed by atoms with Gasteiger partial charge in [-0.15, -0.1) is 0 Å².